The van der Waals surface area contributed by atoms with Gasteiger partial charge >= 0.3 is 0 Å². The normalized spacial score (nSPS) is 15.3. The molecule has 1 heterocycles. The maximum atomic E-state index is 12.1. The minimum absolute atomic E-state index is 0.159. The van der Waals surface area contributed by atoms with Gasteiger partial charge in [0.1, 0.15) is 0 Å². The zero-order valence-electron chi connectivity index (χ0n) is 13.8. The number of rotatable bonds is 6. The molecule has 1 aliphatic heterocycles. The van der Waals surface area contributed by atoms with Crippen LogP contribution in [0, 0.1) is 0 Å². The fourth-order valence-corrected chi connectivity index (χ4v) is 3.28. The van der Waals surface area contributed by atoms with E-state index in [1.54, 1.807) is 18.8 Å². The van der Waals surface area contributed by atoms with Crippen molar-refractivity contribution in [3.05, 3.63) is 30.3 Å². The molecule has 0 spiro atoms. The number of benzene rings is 1. The molecule has 1 aromatic carbocycles. The van der Waals surface area contributed by atoms with Crippen LogP contribution in [-0.2, 0) is 4.79 Å². The zero-order valence-corrected chi connectivity index (χ0v) is 14.6. The summed E-state index contributed by atoms with van der Waals surface area (Å²) >= 11 is 1.80. The van der Waals surface area contributed by atoms with Gasteiger partial charge in [-0.25, -0.2) is 0 Å². The quantitative estimate of drug-likeness (QED) is 0.361. The number of amides is 1. The minimum atomic E-state index is 0.159. The van der Waals surface area contributed by atoms with Crippen LogP contribution in [0.3, 0.4) is 0 Å². The van der Waals surface area contributed by atoms with Crippen molar-refractivity contribution in [2.24, 2.45) is 4.99 Å². The lowest BCUT2D eigenvalue weighted by atomic mass is 10.1. The van der Waals surface area contributed by atoms with Gasteiger partial charge in [0.25, 0.3) is 0 Å². The van der Waals surface area contributed by atoms with Crippen molar-refractivity contribution in [1.29, 1.82) is 0 Å². The van der Waals surface area contributed by atoms with E-state index < -0.39 is 0 Å². The highest BCUT2D eigenvalue weighted by Crippen LogP contribution is 2.15. The van der Waals surface area contributed by atoms with Gasteiger partial charge in [-0.2, -0.15) is 0 Å². The third-order valence-corrected chi connectivity index (χ3v) is 4.76. The van der Waals surface area contributed by atoms with Gasteiger partial charge in [-0.05, 0) is 31.4 Å². The second-order valence-corrected chi connectivity index (χ2v) is 6.62. The number of nitrogens with one attached hydrogen (secondary N) is 2. The van der Waals surface area contributed by atoms with Crippen molar-refractivity contribution in [2.45, 2.75) is 24.2 Å². The molecule has 0 atom stereocenters. The van der Waals surface area contributed by atoms with Crippen LogP contribution in [0.25, 0.3) is 0 Å². The van der Waals surface area contributed by atoms with Crippen LogP contribution in [0.15, 0.2) is 40.2 Å². The number of guanidine groups is 1. The summed E-state index contributed by atoms with van der Waals surface area (Å²) in [6.45, 7) is 2.89. The van der Waals surface area contributed by atoms with Crippen molar-refractivity contribution < 1.29 is 4.79 Å². The van der Waals surface area contributed by atoms with E-state index in [-0.39, 0.29) is 5.91 Å². The lowest BCUT2D eigenvalue weighted by Crippen LogP contribution is -2.46. The first-order chi connectivity index (χ1) is 11.3. The van der Waals surface area contributed by atoms with E-state index >= 15 is 0 Å². The number of aliphatic imine (C=N–C) groups is 1. The number of carbonyl (C=O) groups excluding carboxylic acids is 1. The van der Waals surface area contributed by atoms with Crippen LogP contribution in [0.2, 0.25) is 0 Å². The second-order valence-electron chi connectivity index (χ2n) is 5.46. The van der Waals surface area contributed by atoms with Gasteiger partial charge < -0.3 is 15.5 Å². The Balaban J connectivity index is 1.62. The van der Waals surface area contributed by atoms with Crippen LogP contribution >= 0.6 is 11.8 Å². The van der Waals surface area contributed by atoms with Gasteiger partial charge in [-0.15, -0.1) is 11.8 Å². The first-order valence-corrected chi connectivity index (χ1v) is 9.18. The number of thioether (sulfide) groups is 1. The van der Waals surface area contributed by atoms with Crippen molar-refractivity contribution >= 4 is 23.6 Å². The van der Waals surface area contributed by atoms with E-state index in [0.717, 1.165) is 38.2 Å². The Labute approximate surface area is 142 Å². The van der Waals surface area contributed by atoms with E-state index in [1.807, 2.05) is 23.1 Å². The molecule has 0 radical (unpaired) electrons. The lowest BCUT2D eigenvalue weighted by molar-refractivity contribution is -0.130. The molecule has 1 saturated heterocycles. The number of hydrogen-bond acceptors (Lipinski definition) is 3. The van der Waals surface area contributed by atoms with E-state index in [4.69, 9.17) is 0 Å². The molecule has 1 amide bonds. The van der Waals surface area contributed by atoms with E-state index in [9.17, 15) is 4.79 Å². The van der Waals surface area contributed by atoms with Crippen molar-refractivity contribution in [3.63, 3.8) is 0 Å². The van der Waals surface area contributed by atoms with E-state index in [1.165, 1.54) is 11.3 Å². The molecule has 6 heteroatoms. The predicted octanol–water partition coefficient (Wildman–Crippen LogP) is 1.96. The van der Waals surface area contributed by atoms with Crippen molar-refractivity contribution in [2.75, 3.05) is 39.0 Å². The number of hydrogen-bond donors (Lipinski definition) is 2. The maximum Gasteiger partial charge on any atom is 0.241 e. The van der Waals surface area contributed by atoms with Gasteiger partial charge in [0.05, 0.1) is 6.54 Å². The minimum Gasteiger partial charge on any atom is -0.356 e. The average molecular weight is 334 g/mol. The Hall–Kier alpha value is -1.69. The molecule has 0 bridgehead atoms. The monoisotopic (exact) mass is 334 g/mol. The fourth-order valence-electron chi connectivity index (χ4n) is 2.49. The molecular weight excluding hydrogens is 308 g/mol. The summed E-state index contributed by atoms with van der Waals surface area (Å²) in [6.07, 6.45) is 3.48. The second kappa shape index (κ2) is 10.2. The molecule has 23 heavy (non-hydrogen) atoms. The number of carbonyl (C=O) groups is 1. The highest BCUT2D eigenvalue weighted by atomic mass is 32.2. The molecule has 2 N–H and O–H groups in total. The Morgan fingerprint density at radius 1 is 1.17 bits per heavy atom. The van der Waals surface area contributed by atoms with E-state index in [2.05, 4.69) is 27.8 Å². The number of nitrogens with zero attached hydrogens (tertiary/aromatic N) is 2. The summed E-state index contributed by atoms with van der Waals surface area (Å²) in [5.74, 6) is 1.79. The van der Waals surface area contributed by atoms with Crippen molar-refractivity contribution in [3.8, 4) is 0 Å². The summed E-state index contributed by atoms with van der Waals surface area (Å²) in [6, 6.07) is 10.3. The molecule has 0 saturated carbocycles. The lowest BCUT2D eigenvalue weighted by Gasteiger charge is -2.27. The molecule has 0 aromatic heterocycles. The van der Waals surface area contributed by atoms with Crippen LogP contribution < -0.4 is 10.6 Å². The van der Waals surface area contributed by atoms with Crippen LogP contribution in [0.5, 0.6) is 0 Å². The molecule has 1 fully saturated rings. The standard InChI is InChI=1S/C17H26N4OS/c1-18-17(19-10-13-23-15-8-4-2-5-9-15)20-14-16(22)21-11-6-3-7-12-21/h2,4-5,8-9H,3,6-7,10-14H2,1H3,(H2,18,19,20). The largest absolute Gasteiger partial charge is 0.356 e. The molecule has 2 rings (SSSR count). The summed E-state index contributed by atoms with van der Waals surface area (Å²) < 4.78 is 0. The Morgan fingerprint density at radius 2 is 1.91 bits per heavy atom. The molecule has 1 aromatic rings. The summed E-state index contributed by atoms with van der Waals surface area (Å²) in [5, 5.41) is 6.35. The summed E-state index contributed by atoms with van der Waals surface area (Å²) in [5.41, 5.74) is 0. The van der Waals surface area contributed by atoms with Crippen LogP contribution in [0.4, 0.5) is 0 Å². The molecule has 0 aliphatic carbocycles. The first kappa shape index (κ1) is 17.7. The Morgan fingerprint density at radius 3 is 2.61 bits per heavy atom. The Bertz CT molecular complexity index is 501. The van der Waals surface area contributed by atoms with Gasteiger partial charge in [-0.3, -0.25) is 9.79 Å². The third-order valence-electron chi connectivity index (χ3n) is 3.75. The van der Waals surface area contributed by atoms with Gasteiger partial charge in [0.2, 0.25) is 5.91 Å². The molecule has 5 nitrogen and oxygen atoms in total. The average Bonchev–Trinajstić information content (AvgIpc) is 2.62. The zero-order chi connectivity index (χ0) is 16.3. The van der Waals surface area contributed by atoms with Gasteiger partial charge in [0, 0.05) is 37.3 Å². The summed E-state index contributed by atoms with van der Waals surface area (Å²) in [7, 11) is 1.73. The van der Waals surface area contributed by atoms with Gasteiger partial charge in [-0.1, -0.05) is 18.2 Å². The molecule has 1 aliphatic rings. The van der Waals surface area contributed by atoms with Crippen LogP contribution in [0.1, 0.15) is 19.3 Å². The molecular formula is C17H26N4OS. The number of piperidine rings is 1. The first-order valence-electron chi connectivity index (χ1n) is 8.20. The Kier molecular flexibility index (Phi) is 7.80. The number of likely N-dealkylation sites (tertiary alicyclic amines) is 1. The van der Waals surface area contributed by atoms with Crippen LogP contribution in [-0.4, -0.2) is 55.7 Å². The highest BCUT2D eigenvalue weighted by molar-refractivity contribution is 7.99. The smallest absolute Gasteiger partial charge is 0.241 e. The van der Waals surface area contributed by atoms with E-state index in [0.29, 0.717) is 12.5 Å². The third kappa shape index (κ3) is 6.52. The molecule has 126 valence electrons. The van der Waals surface area contributed by atoms with Gasteiger partial charge in [0.15, 0.2) is 5.96 Å². The highest BCUT2D eigenvalue weighted by Gasteiger charge is 2.16. The summed E-state index contributed by atoms with van der Waals surface area (Å²) in [4.78, 5) is 19.5. The SMILES string of the molecule is CN=C(NCCSc1ccccc1)NCC(=O)N1CCCCC1. The predicted molar refractivity (Wildman–Crippen MR) is 97.0 cm³/mol. The maximum absolute atomic E-state index is 12.1. The topological polar surface area (TPSA) is 56.7 Å². The van der Waals surface area contributed by atoms with Crippen molar-refractivity contribution in [1.82, 2.24) is 15.5 Å². The molecule has 0 unspecified atom stereocenters. The fraction of sp³-hybridized carbons (Fsp3) is 0.529.